The SMILES string of the molecule is NC(=O)C1CCN(C(=O)c2cc3ccsc3n2C[C@@H]2CCCCO2)CC1. The molecule has 0 saturated carbocycles. The summed E-state index contributed by atoms with van der Waals surface area (Å²) >= 11 is 1.67. The van der Waals surface area contributed by atoms with Gasteiger partial charge in [-0.1, -0.05) is 0 Å². The van der Waals surface area contributed by atoms with Crippen molar-refractivity contribution < 1.29 is 14.3 Å². The second kappa shape index (κ2) is 7.40. The molecule has 2 aromatic heterocycles. The number of aromatic nitrogens is 1. The molecular weight excluding hydrogens is 350 g/mol. The number of nitrogens with zero attached hydrogens (tertiary/aromatic N) is 2. The van der Waals surface area contributed by atoms with Crippen LogP contribution < -0.4 is 5.73 Å². The Hall–Kier alpha value is -1.86. The van der Waals surface area contributed by atoms with Crippen molar-refractivity contribution in [2.45, 2.75) is 44.8 Å². The fourth-order valence-electron chi connectivity index (χ4n) is 4.02. The molecule has 2 fully saturated rings. The molecule has 1 atom stereocenters. The lowest BCUT2D eigenvalue weighted by Gasteiger charge is -2.31. The maximum atomic E-state index is 13.2. The number of nitrogens with two attached hydrogens (primary N) is 1. The van der Waals surface area contributed by atoms with Gasteiger partial charge in [-0.3, -0.25) is 9.59 Å². The second-order valence-corrected chi connectivity index (χ2v) is 8.17. The van der Waals surface area contributed by atoms with E-state index in [4.69, 9.17) is 10.5 Å². The summed E-state index contributed by atoms with van der Waals surface area (Å²) in [6.07, 6.45) is 4.83. The topological polar surface area (TPSA) is 77.6 Å². The monoisotopic (exact) mass is 375 g/mol. The van der Waals surface area contributed by atoms with Crippen LogP contribution in [0, 0.1) is 5.92 Å². The first-order valence-corrected chi connectivity index (χ1v) is 10.3. The van der Waals surface area contributed by atoms with Crippen molar-refractivity contribution in [1.82, 2.24) is 9.47 Å². The number of hydrogen-bond donors (Lipinski definition) is 1. The maximum absolute atomic E-state index is 13.2. The first-order valence-electron chi connectivity index (χ1n) is 9.40. The van der Waals surface area contributed by atoms with E-state index in [1.165, 1.54) is 6.42 Å². The van der Waals surface area contributed by atoms with E-state index >= 15 is 0 Å². The molecule has 140 valence electrons. The number of piperidine rings is 1. The number of likely N-dealkylation sites (tertiary alicyclic amines) is 1. The average molecular weight is 375 g/mol. The Morgan fingerprint density at radius 3 is 2.73 bits per heavy atom. The van der Waals surface area contributed by atoms with Crippen molar-refractivity contribution in [2.75, 3.05) is 19.7 Å². The molecule has 4 rings (SSSR count). The normalized spacial score (nSPS) is 22.0. The number of thiophene rings is 1. The van der Waals surface area contributed by atoms with E-state index in [1.807, 2.05) is 11.0 Å². The molecule has 2 aliphatic heterocycles. The van der Waals surface area contributed by atoms with E-state index < -0.39 is 0 Å². The van der Waals surface area contributed by atoms with Gasteiger partial charge in [-0.25, -0.2) is 0 Å². The molecule has 7 heteroatoms. The van der Waals surface area contributed by atoms with Gasteiger partial charge in [0.25, 0.3) is 5.91 Å². The molecule has 0 unspecified atom stereocenters. The van der Waals surface area contributed by atoms with Crippen LogP contribution in [-0.2, 0) is 16.1 Å². The van der Waals surface area contributed by atoms with Crippen LogP contribution in [0.5, 0.6) is 0 Å². The molecule has 4 heterocycles. The van der Waals surface area contributed by atoms with Gasteiger partial charge in [-0.2, -0.15) is 0 Å². The fourth-order valence-corrected chi connectivity index (χ4v) is 4.92. The smallest absolute Gasteiger partial charge is 0.270 e. The molecule has 0 radical (unpaired) electrons. The number of carbonyl (C=O) groups is 2. The third-order valence-corrected chi connectivity index (χ3v) is 6.52. The van der Waals surface area contributed by atoms with Gasteiger partial charge >= 0.3 is 0 Å². The highest BCUT2D eigenvalue weighted by Gasteiger charge is 2.29. The highest BCUT2D eigenvalue weighted by atomic mass is 32.1. The van der Waals surface area contributed by atoms with E-state index in [0.717, 1.165) is 41.9 Å². The minimum absolute atomic E-state index is 0.0483. The molecule has 0 spiro atoms. The van der Waals surface area contributed by atoms with Crippen LogP contribution >= 0.6 is 11.3 Å². The van der Waals surface area contributed by atoms with Crippen LogP contribution in [-0.4, -0.2) is 47.1 Å². The van der Waals surface area contributed by atoms with Gasteiger partial charge in [0.05, 0.1) is 12.6 Å². The quantitative estimate of drug-likeness (QED) is 0.892. The molecule has 6 nitrogen and oxygen atoms in total. The van der Waals surface area contributed by atoms with Gasteiger partial charge in [0.1, 0.15) is 10.5 Å². The summed E-state index contributed by atoms with van der Waals surface area (Å²) in [6.45, 7) is 2.71. The van der Waals surface area contributed by atoms with Crippen molar-refractivity contribution in [3.63, 3.8) is 0 Å². The first-order chi connectivity index (χ1) is 12.6. The number of ether oxygens (including phenoxy) is 1. The van der Waals surface area contributed by atoms with Gasteiger partial charge in [0.2, 0.25) is 5.91 Å². The maximum Gasteiger partial charge on any atom is 0.270 e. The summed E-state index contributed by atoms with van der Waals surface area (Å²) < 4.78 is 8.04. The number of primary amides is 1. The van der Waals surface area contributed by atoms with E-state index in [0.29, 0.717) is 25.9 Å². The first kappa shape index (κ1) is 17.5. The summed E-state index contributed by atoms with van der Waals surface area (Å²) in [7, 11) is 0. The lowest BCUT2D eigenvalue weighted by molar-refractivity contribution is -0.123. The van der Waals surface area contributed by atoms with E-state index in [9.17, 15) is 9.59 Å². The highest BCUT2D eigenvalue weighted by molar-refractivity contribution is 7.16. The molecular formula is C19H25N3O3S. The second-order valence-electron chi connectivity index (χ2n) is 7.28. The van der Waals surface area contributed by atoms with Gasteiger partial charge in [0.15, 0.2) is 0 Å². The predicted molar refractivity (Wildman–Crippen MR) is 101 cm³/mol. The highest BCUT2D eigenvalue weighted by Crippen LogP contribution is 2.29. The summed E-state index contributed by atoms with van der Waals surface area (Å²) in [6, 6.07) is 4.06. The molecule has 0 aliphatic carbocycles. The van der Waals surface area contributed by atoms with Gasteiger partial charge in [-0.05, 0) is 49.6 Å². The Morgan fingerprint density at radius 1 is 1.23 bits per heavy atom. The van der Waals surface area contributed by atoms with Crippen molar-refractivity contribution in [1.29, 1.82) is 0 Å². The van der Waals surface area contributed by atoms with E-state index in [2.05, 4.69) is 16.0 Å². The van der Waals surface area contributed by atoms with Crippen LogP contribution in [0.25, 0.3) is 10.2 Å². The number of hydrogen-bond acceptors (Lipinski definition) is 4. The number of fused-ring (bicyclic) bond motifs is 1. The molecule has 0 bridgehead atoms. The van der Waals surface area contributed by atoms with Crippen molar-refractivity contribution >= 4 is 33.4 Å². The number of rotatable bonds is 4. The van der Waals surface area contributed by atoms with Crippen molar-refractivity contribution in [2.24, 2.45) is 11.7 Å². The Balaban J connectivity index is 1.55. The molecule has 2 saturated heterocycles. The van der Waals surface area contributed by atoms with Crippen LogP contribution in [0.1, 0.15) is 42.6 Å². The molecule has 0 aromatic carbocycles. The summed E-state index contributed by atoms with van der Waals surface area (Å²) in [4.78, 5) is 27.5. The molecule has 2 aliphatic rings. The Bertz CT molecular complexity index is 798. The van der Waals surface area contributed by atoms with Gasteiger partial charge in [-0.15, -0.1) is 11.3 Å². The predicted octanol–water partition coefficient (Wildman–Crippen LogP) is 2.61. The fraction of sp³-hybridized carbons (Fsp3) is 0.579. The largest absolute Gasteiger partial charge is 0.376 e. The lowest BCUT2D eigenvalue weighted by atomic mass is 9.96. The van der Waals surface area contributed by atoms with Crippen LogP contribution in [0.4, 0.5) is 0 Å². The van der Waals surface area contributed by atoms with Crippen molar-refractivity contribution in [3.05, 3.63) is 23.2 Å². The van der Waals surface area contributed by atoms with E-state index in [-0.39, 0.29) is 23.8 Å². The van der Waals surface area contributed by atoms with Gasteiger partial charge in [0, 0.05) is 31.0 Å². The zero-order valence-corrected chi connectivity index (χ0v) is 15.7. The third kappa shape index (κ3) is 3.38. The van der Waals surface area contributed by atoms with Gasteiger partial charge < -0.3 is 19.9 Å². The number of carbonyl (C=O) groups excluding carboxylic acids is 2. The minimum Gasteiger partial charge on any atom is -0.376 e. The number of amides is 2. The molecule has 2 N–H and O–H groups in total. The zero-order chi connectivity index (χ0) is 18.1. The summed E-state index contributed by atoms with van der Waals surface area (Å²) in [5.74, 6) is -0.312. The Morgan fingerprint density at radius 2 is 2.04 bits per heavy atom. The lowest BCUT2D eigenvalue weighted by Crippen LogP contribution is -2.42. The Kier molecular flexibility index (Phi) is 5.00. The molecule has 2 aromatic rings. The Labute approximate surface area is 156 Å². The summed E-state index contributed by atoms with van der Waals surface area (Å²) in [5.41, 5.74) is 6.14. The van der Waals surface area contributed by atoms with Crippen molar-refractivity contribution in [3.8, 4) is 0 Å². The zero-order valence-electron chi connectivity index (χ0n) is 14.9. The molecule has 26 heavy (non-hydrogen) atoms. The standard InChI is InChI=1S/C19H25N3O3S/c20-17(23)13-4-7-21(8-5-13)18(24)16-11-14-6-10-26-19(14)22(16)12-15-3-1-2-9-25-15/h6,10-11,13,15H,1-5,7-9,12H2,(H2,20,23)/t15-/m0/s1. The van der Waals surface area contributed by atoms with E-state index in [1.54, 1.807) is 11.3 Å². The third-order valence-electron chi connectivity index (χ3n) is 5.57. The van der Waals surface area contributed by atoms with Crippen LogP contribution in [0.3, 0.4) is 0 Å². The van der Waals surface area contributed by atoms with Crippen LogP contribution in [0.2, 0.25) is 0 Å². The molecule has 2 amide bonds. The minimum atomic E-state index is -0.254. The average Bonchev–Trinajstić information content (AvgIpc) is 3.25. The summed E-state index contributed by atoms with van der Waals surface area (Å²) in [5, 5.41) is 3.18. The van der Waals surface area contributed by atoms with Crippen LogP contribution in [0.15, 0.2) is 17.5 Å².